The second kappa shape index (κ2) is 5.85. The van der Waals surface area contributed by atoms with Crippen molar-refractivity contribution in [2.45, 2.75) is 0 Å². The van der Waals surface area contributed by atoms with Gasteiger partial charge in [0.05, 0.1) is 14.2 Å². The molecule has 0 unspecified atom stereocenters. The molecule has 4 nitrogen and oxygen atoms in total. The fourth-order valence-electron chi connectivity index (χ4n) is 2.36. The number of pyridine rings is 1. The van der Waals surface area contributed by atoms with Crippen LogP contribution in [0.4, 0.5) is 0 Å². The second-order valence-electron chi connectivity index (χ2n) is 4.81. The van der Waals surface area contributed by atoms with Crippen LogP contribution in [0.25, 0.3) is 10.8 Å². The predicted octanol–water partition coefficient (Wildman–Crippen LogP) is 3.48. The highest BCUT2D eigenvalue weighted by Crippen LogP contribution is 2.25. The maximum atomic E-state index is 12.7. The average Bonchev–Trinajstić information content (AvgIpc) is 2.60. The Morgan fingerprint density at radius 2 is 1.73 bits per heavy atom. The SMILES string of the molecule is COc1cccc(C(=O)c2nccc3cc(OC)ccc23)c1. The highest BCUT2D eigenvalue weighted by Gasteiger charge is 2.15. The quantitative estimate of drug-likeness (QED) is 0.691. The Labute approximate surface area is 128 Å². The van der Waals surface area contributed by atoms with E-state index in [4.69, 9.17) is 9.47 Å². The summed E-state index contributed by atoms with van der Waals surface area (Å²) in [7, 11) is 3.19. The zero-order chi connectivity index (χ0) is 15.5. The van der Waals surface area contributed by atoms with Crippen LogP contribution in [0.15, 0.2) is 54.7 Å². The summed E-state index contributed by atoms with van der Waals surface area (Å²) < 4.78 is 10.4. The molecule has 1 aromatic heterocycles. The van der Waals surface area contributed by atoms with E-state index in [1.54, 1.807) is 44.7 Å². The highest BCUT2D eigenvalue weighted by atomic mass is 16.5. The van der Waals surface area contributed by atoms with Crippen LogP contribution in [0.2, 0.25) is 0 Å². The van der Waals surface area contributed by atoms with Gasteiger partial charge in [0.2, 0.25) is 5.78 Å². The Balaban J connectivity index is 2.10. The number of carbonyl (C=O) groups excluding carboxylic acids is 1. The number of ether oxygens (including phenoxy) is 2. The molecule has 2 aromatic carbocycles. The zero-order valence-corrected chi connectivity index (χ0v) is 12.4. The molecule has 4 heteroatoms. The van der Waals surface area contributed by atoms with Crippen molar-refractivity contribution >= 4 is 16.6 Å². The fraction of sp³-hybridized carbons (Fsp3) is 0.111. The Bertz CT molecular complexity index is 843. The van der Waals surface area contributed by atoms with E-state index < -0.39 is 0 Å². The Morgan fingerprint density at radius 1 is 0.955 bits per heavy atom. The molecular weight excluding hydrogens is 278 g/mol. The number of hydrogen-bond acceptors (Lipinski definition) is 4. The van der Waals surface area contributed by atoms with Crippen molar-refractivity contribution in [3.8, 4) is 11.5 Å². The molecular formula is C18H15NO3. The Kier molecular flexibility index (Phi) is 3.74. The van der Waals surface area contributed by atoms with Crippen molar-refractivity contribution in [3.05, 3.63) is 66.0 Å². The van der Waals surface area contributed by atoms with E-state index in [0.717, 1.165) is 16.5 Å². The molecule has 0 saturated heterocycles. The zero-order valence-electron chi connectivity index (χ0n) is 12.4. The second-order valence-corrected chi connectivity index (χ2v) is 4.81. The molecule has 1 heterocycles. The summed E-state index contributed by atoms with van der Waals surface area (Å²) in [6.07, 6.45) is 1.63. The highest BCUT2D eigenvalue weighted by molar-refractivity contribution is 6.15. The molecule has 22 heavy (non-hydrogen) atoms. The van der Waals surface area contributed by atoms with E-state index in [1.807, 2.05) is 24.3 Å². The van der Waals surface area contributed by atoms with Crippen LogP contribution in [0, 0.1) is 0 Å². The molecule has 0 saturated carbocycles. The summed E-state index contributed by atoms with van der Waals surface area (Å²) in [5.41, 5.74) is 0.976. The lowest BCUT2D eigenvalue weighted by molar-refractivity contribution is 0.103. The molecule has 0 amide bonds. The van der Waals surface area contributed by atoms with Crippen molar-refractivity contribution < 1.29 is 14.3 Å². The molecule has 0 atom stereocenters. The topological polar surface area (TPSA) is 48.4 Å². The third-order valence-electron chi connectivity index (χ3n) is 3.52. The third-order valence-corrected chi connectivity index (χ3v) is 3.52. The minimum absolute atomic E-state index is 0.130. The summed E-state index contributed by atoms with van der Waals surface area (Å²) in [6, 6.07) is 14.5. The van der Waals surface area contributed by atoms with Crippen LogP contribution in [-0.2, 0) is 0 Å². The lowest BCUT2D eigenvalue weighted by Gasteiger charge is -2.07. The summed E-state index contributed by atoms with van der Waals surface area (Å²) in [6.45, 7) is 0. The van der Waals surface area contributed by atoms with E-state index in [-0.39, 0.29) is 5.78 Å². The van der Waals surface area contributed by atoms with Gasteiger partial charge in [0.15, 0.2) is 0 Å². The summed E-state index contributed by atoms with van der Waals surface area (Å²) in [4.78, 5) is 17.0. The number of aromatic nitrogens is 1. The maximum absolute atomic E-state index is 12.7. The van der Waals surface area contributed by atoms with Crippen LogP contribution in [0.5, 0.6) is 11.5 Å². The van der Waals surface area contributed by atoms with E-state index in [1.165, 1.54) is 0 Å². The normalized spacial score (nSPS) is 10.5. The fourth-order valence-corrected chi connectivity index (χ4v) is 2.36. The van der Waals surface area contributed by atoms with Crippen molar-refractivity contribution in [2.75, 3.05) is 14.2 Å². The van der Waals surface area contributed by atoms with Gasteiger partial charge >= 0.3 is 0 Å². The summed E-state index contributed by atoms with van der Waals surface area (Å²) in [5, 5.41) is 1.72. The smallest absolute Gasteiger partial charge is 0.212 e. The number of ketones is 1. The molecule has 0 N–H and O–H groups in total. The lowest BCUT2D eigenvalue weighted by atomic mass is 10.0. The standard InChI is InChI=1S/C18H15NO3/c1-21-14-5-3-4-13(11-14)18(20)17-16-7-6-15(22-2)10-12(16)8-9-19-17/h3-11H,1-2H3. The van der Waals surface area contributed by atoms with Gasteiger partial charge in [-0.05, 0) is 41.8 Å². The minimum atomic E-state index is -0.130. The van der Waals surface area contributed by atoms with Crippen LogP contribution < -0.4 is 9.47 Å². The summed E-state index contributed by atoms with van der Waals surface area (Å²) >= 11 is 0. The number of fused-ring (bicyclic) bond motifs is 1. The Hall–Kier alpha value is -2.88. The third kappa shape index (κ3) is 2.51. The molecule has 0 aliphatic rings. The van der Waals surface area contributed by atoms with Crippen LogP contribution >= 0.6 is 0 Å². The first-order valence-corrected chi connectivity index (χ1v) is 6.84. The van der Waals surface area contributed by atoms with Gasteiger partial charge in [-0.15, -0.1) is 0 Å². The van der Waals surface area contributed by atoms with Crippen molar-refractivity contribution in [2.24, 2.45) is 0 Å². The van der Waals surface area contributed by atoms with E-state index in [0.29, 0.717) is 17.0 Å². The molecule has 0 radical (unpaired) electrons. The van der Waals surface area contributed by atoms with Crippen molar-refractivity contribution in [1.82, 2.24) is 4.98 Å². The number of rotatable bonds is 4. The molecule has 3 aromatic rings. The first-order chi connectivity index (χ1) is 10.7. The van der Waals surface area contributed by atoms with E-state index in [2.05, 4.69) is 4.98 Å². The van der Waals surface area contributed by atoms with E-state index in [9.17, 15) is 4.79 Å². The van der Waals surface area contributed by atoms with Crippen molar-refractivity contribution in [1.29, 1.82) is 0 Å². The van der Waals surface area contributed by atoms with Gasteiger partial charge in [-0.25, -0.2) is 0 Å². The lowest BCUT2D eigenvalue weighted by Crippen LogP contribution is -2.05. The van der Waals surface area contributed by atoms with Gasteiger partial charge < -0.3 is 9.47 Å². The maximum Gasteiger partial charge on any atom is 0.212 e. The molecule has 110 valence electrons. The van der Waals surface area contributed by atoms with Gasteiger partial charge in [0.25, 0.3) is 0 Å². The summed E-state index contributed by atoms with van der Waals surface area (Å²) in [5.74, 6) is 1.26. The number of carbonyl (C=O) groups is 1. The molecule has 0 fully saturated rings. The number of benzene rings is 2. The first-order valence-electron chi connectivity index (χ1n) is 6.84. The molecule has 0 aliphatic carbocycles. The number of methoxy groups -OCH3 is 2. The molecule has 0 spiro atoms. The van der Waals surface area contributed by atoms with Gasteiger partial charge in [-0.1, -0.05) is 12.1 Å². The Morgan fingerprint density at radius 3 is 2.50 bits per heavy atom. The van der Waals surface area contributed by atoms with Crippen LogP contribution in [-0.4, -0.2) is 25.0 Å². The van der Waals surface area contributed by atoms with E-state index >= 15 is 0 Å². The van der Waals surface area contributed by atoms with Crippen LogP contribution in [0.3, 0.4) is 0 Å². The largest absolute Gasteiger partial charge is 0.497 e. The van der Waals surface area contributed by atoms with Crippen molar-refractivity contribution in [3.63, 3.8) is 0 Å². The number of nitrogens with zero attached hydrogens (tertiary/aromatic N) is 1. The minimum Gasteiger partial charge on any atom is -0.497 e. The molecule has 3 rings (SSSR count). The van der Waals surface area contributed by atoms with Crippen LogP contribution in [0.1, 0.15) is 16.1 Å². The van der Waals surface area contributed by atoms with Gasteiger partial charge in [0, 0.05) is 17.1 Å². The van der Waals surface area contributed by atoms with Gasteiger partial charge in [-0.3, -0.25) is 9.78 Å². The molecule has 0 bridgehead atoms. The monoisotopic (exact) mass is 293 g/mol. The first kappa shape index (κ1) is 14.1. The van der Waals surface area contributed by atoms with Gasteiger partial charge in [-0.2, -0.15) is 0 Å². The molecule has 0 aliphatic heterocycles. The number of hydrogen-bond donors (Lipinski definition) is 0. The van der Waals surface area contributed by atoms with Gasteiger partial charge in [0.1, 0.15) is 17.2 Å². The average molecular weight is 293 g/mol. The predicted molar refractivity (Wildman–Crippen MR) is 84.7 cm³/mol.